The summed E-state index contributed by atoms with van der Waals surface area (Å²) in [5.74, 6) is -0.670. The lowest BCUT2D eigenvalue weighted by atomic mass is 9.96. The number of aliphatic imine (C=N–C) groups is 1. The zero-order chi connectivity index (χ0) is 22.6. The minimum atomic E-state index is -4.25. The van der Waals surface area contributed by atoms with Crippen LogP contribution in [0.5, 0.6) is 11.5 Å². The number of benzene rings is 1. The first-order valence-electron chi connectivity index (χ1n) is 9.51. The highest BCUT2D eigenvalue weighted by molar-refractivity contribution is 7.90. The van der Waals surface area contributed by atoms with E-state index in [0.717, 1.165) is 6.42 Å². The molecule has 1 aromatic carbocycles. The van der Waals surface area contributed by atoms with Crippen molar-refractivity contribution in [2.45, 2.75) is 24.7 Å². The number of allylic oxidation sites excluding steroid dienone is 1. The molecule has 0 radical (unpaired) electrons. The van der Waals surface area contributed by atoms with E-state index >= 15 is 0 Å². The van der Waals surface area contributed by atoms with Crippen LogP contribution in [0.15, 0.2) is 58.2 Å². The van der Waals surface area contributed by atoms with Gasteiger partial charge in [0.05, 0.1) is 25.0 Å². The molecule has 8 nitrogen and oxygen atoms in total. The highest BCUT2D eigenvalue weighted by atomic mass is 35.5. The summed E-state index contributed by atoms with van der Waals surface area (Å²) in [5.41, 5.74) is 0.994. The first-order valence-corrected chi connectivity index (χ1v) is 11.4. The predicted molar refractivity (Wildman–Crippen MR) is 117 cm³/mol. The van der Waals surface area contributed by atoms with Crippen LogP contribution >= 0.6 is 11.6 Å². The minimum Gasteiger partial charge on any atom is -0.497 e. The highest BCUT2D eigenvalue weighted by Gasteiger charge is 2.30. The van der Waals surface area contributed by atoms with E-state index in [1.165, 1.54) is 26.4 Å². The predicted octanol–water partition coefficient (Wildman–Crippen LogP) is 3.36. The molecule has 1 N–H and O–H groups in total. The van der Waals surface area contributed by atoms with E-state index in [4.69, 9.17) is 21.1 Å². The molecule has 2 heterocycles. The number of halogens is 1. The summed E-state index contributed by atoms with van der Waals surface area (Å²) in [6, 6.07) is 7.67. The molecule has 1 unspecified atom stereocenters. The lowest BCUT2D eigenvalue weighted by Crippen LogP contribution is -2.31. The van der Waals surface area contributed by atoms with Crippen LogP contribution in [0.1, 0.15) is 25.5 Å². The second-order valence-corrected chi connectivity index (χ2v) is 8.79. The molecule has 31 heavy (non-hydrogen) atoms. The summed E-state index contributed by atoms with van der Waals surface area (Å²) in [6.07, 6.45) is 4.76. The molecule has 2 aromatic rings. The number of carbonyl (C=O) groups excluding carboxylic acids is 1. The Morgan fingerprint density at radius 3 is 2.65 bits per heavy atom. The molecule has 1 aliphatic heterocycles. The van der Waals surface area contributed by atoms with Crippen molar-refractivity contribution in [1.29, 1.82) is 0 Å². The van der Waals surface area contributed by atoms with Gasteiger partial charge in [-0.3, -0.25) is 9.78 Å². The maximum Gasteiger partial charge on any atom is 0.283 e. The molecule has 0 fully saturated rings. The maximum absolute atomic E-state index is 12.9. The van der Waals surface area contributed by atoms with Gasteiger partial charge in [0.25, 0.3) is 15.9 Å². The van der Waals surface area contributed by atoms with E-state index in [1.54, 1.807) is 30.5 Å². The van der Waals surface area contributed by atoms with Crippen LogP contribution in [0, 0.1) is 5.92 Å². The van der Waals surface area contributed by atoms with Gasteiger partial charge in [0.15, 0.2) is 0 Å². The molecule has 164 valence electrons. The Kier molecular flexibility index (Phi) is 6.97. The van der Waals surface area contributed by atoms with Gasteiger partial charge < -0.3 is 9.47 Å². The maximum atomic E-state index is 12.9. The van der Waals surface area contributed by atoms with Crippen LogP contribution in [-0.4, -0.2) is 39.2 Å². The number of rotatable bonds is 8. The standard InChI is InChI=1S/C21H22ClN3O5S/c1-4-6-13-11-16(24-19(13)20-15(22)7-5-10-23-20)21(26)25-31(27,28)18-12-14(29-2)8-9-17(18)30-3/h5,7-13H,4,6H2,1-3H3,(H,25,26). The molecule has 1 atom stereocenters. The molecule has 1 aromatic heterocycles. The molecule has 0 bridgehead atoms. The number of hydrogen-bond donors (Lipinski definition) is 1. The third kappa shape index (κ3) is 4.88. The molecule has 10 heteroatoms. The van der Waals surface area contributed by atoms with Crippen LogP contribution < -0.4 is 14.2 Å². The first-order chi connectivity index (χ1) is 14.8. The summed E-state index contributed by atoms with van der Waals surface area (Å²) in [4.78, 5) is 21.2. The molecule has 3 rings (SSSR count). The topological polar surface area (TPSA) is 107 Å². The van der Waals surface area contributed by atoms with E-state index in [1.807, 2.05) is 6.92 Å². The fraction of sp³-hybridized carbons (Fsp3) is 0.286. The van der Waals surface area contributed by atoms with Gasteiger partial charge in [-0.05, 0) is 36.8 Å². The Morgan fingerprint density at radius 1 is 1.23 bits per heavy atom. The Labute approximate surface area is 186 Å². The third-order valence-electron chi connectivity index (χ3n) is 4.67. The van der Waals surface area contributed by atoms with Crippen molar-refractivity contribution < 1.29 is 22.7 Å². The summed E-state index contributed by atoms with van der Waals surface area (Å²) in [6.45, 7) is 2.00. The van der Waals surface area contributed by atoms with Crippen molar-refractivity contribution in [3.05, 3.63) is 59.0 Å². The molecule has 0 saturated carbocycles. The van der Waals surface area contributed by atoms with Crippen LogP contribution in [0.25, 0.3) is 0 Å². The molecule has 1 amide bonds. The second kappa shape index (κ2) is 9.49. The van der Waals surface area contributed by atoms with E-state index in [9.17, 15) is 13.2 Å². The Morgan fingerprint density at radius 2 is 2.00 bits per heavy atom. The number of sulfonamides is 1. The smallest absolute Gasteiger partial charge is 0.283 e. The Balaban J connectivity index is 1.92. The number of ether oxygens (including phenoxy) is 2. The summed E-state index contributed by atoms with van der Waals surface area (Å²) < 4.78 is 38.0. The Bertz CT molecular complexity index is 1160. The van der Waals surface area contributed by atoms with Crippen molar-refractivity contribution in [1.82, 2.24) is 9.71 Å². The highest BCUT2D eigenvalue weighted by Crippen LogP contribution is 2.30. The number of nitrogens with one attached hydrogen (secondary N) is 1. The van der Waals surface area contributed by atoms with E-state index in [-0.39, 0.29) is 22.3 Å². The van der Waals surface area contributed by atoms with E-state index in [0.29, 0.717) is 28.6 Å². The van der Waals surface area contributed by atoms with E-state index in [2.05, 4.69) is 14.7 Å². The number of carbonyl (C=O) groups is 1. The summed E-state index contributed by atoms with van der Waals surface area (Å²) >= 11 is 6.26. The normalized spacial score (nSPS) is 15.8. The van der Waals surface area contributed by atoms with Gasteiger partial charge in [-0.25, -0.2) is 18.1 Å². The number of hydrogen-bond acceptors (Lipinski definition) is 7. The van der Waals surface area contributed by atoms with Crippen molar-refractivity contribution >= 4 is 33.2 Å². The van der Waals surface area contributed by atoms with Gasteiger partial charge in [-0.1, -0.05) is 24.9 Å². The van der Waals surface area contributed by atoms with Crippen LogP contribution in [0.4, 0.5) is 0 Å². The Hall–Kier alpha value is -2.91. The molecule has 0 spiro atoms. The first kappa shape index (κ1) is 22.8. The second-order valence-electron chi connectivity index (χ2n) is 6.73. The molecule has 1 aliphatic rings. The lowest BCUT2D eigenvalue weighted by molar-refractivity contribution is -0.115. The minimum absolute atomic E-state index is 0.0133. The lowest BCUT2D eigenvalue weighted by Gasteiger charge is -2.12. The van der Waals surface area contributed by atoms with Gasteiger partial charge in [-0.15, -0.1) is 0 Å². The largest absolute Gasteiger partial charge is 0.497 e. The number of methoxy groups -OCH3 is 2. The number of pyridine rings is 1. The van der Waals surface area contributed by atoms with Crippen molar-refractivity contribution in [3.8, 4) is 11.5 Å². The van der Waals surface area contributed by atoms with Gasteiger partial charge in [0.2, 0.25) is 0 Å². The van der Waals surface area contributed by atoms with E-state index < -0.39 is 15.9 Å². The van der Waals surface area contributed by atoms with Gasteiger partial charge >= 0.3 is 0 Å². The quantitative estimate of drug-likeness (QED) is 0.643. The van der Waals surface area contributed by atoms with Crippen molar-refractivity contribution in [3.63, 3.8) is 0 Å². The monoisotopic (exact) mass is 463 g/mol. The summed E-state index contributed by atoms with van der Waals surface area (Å²) in [5, 5.41) is 0.408. The molecule has 0 saturated heterocycles. The number of aromatic nitrogens is 1. The fourth-order valence-corrected chi connectivity index (χ4v) is 4.57. The van der Waals surface area contributed by atoms with Crippen LogP contribution in [0.3, 0.4) is 0 Å². The van der Waals surface area contributed by atoms with Crippen molar-refractivity contribution in [2.75, 3.05) is 14.2 Å². The van der Waals surface area contributed by atoms with Gasteiger partial charge in [-0.2, -0.15) is 0 Å². The third-order valence-corrected chi connectivity index (χ3v) is 6.33. The average molecular weight is 464 g/mol. The number of amides is 1. The van der Waals surface area contributed by atoms with Gasteiger partial charge in [0, 0.05) is 18.2 Å². The van der Waals surface area contributed by atoms with Gasteiger partial charge in [0.1, 0.15) is 27.8 Å². The average Bonchev–Trinajstić information content (AvgIpc) is 3.17. The zero-order valence-corrected chi connectivity index (χ0v) is 18.8. The zero-order valence-electron chi connectivity index (χ0n) is 17.3. The van der Waals surface area contributed by atoms with Crippen LogP contribution in [0.2, 0.25) is 5.02 Å². The SMILES string of the molecule is CCCC1C=C(C(=O)NS(=O)(=O)c2cc(OC)ccc2OC)N=C1c1ncccc1Cl. The molecule has 0 aliphatic carbocycles. The molecular formula is C21H22ClN3O5S. The summed E-state index contributed by atoms with van der Waals surface area (Å²) in [7, 11) is -1.50. The van der Waals surface area contributed by atoms with Crippen LogP contribution in [-0.2, 0) is 14.8 Å². The van der Waals surface area contributed by atoms with Crippen molar-refractivity contribution in [2.24, 2.45) is 10.9 Å². The number of nitrogens with zero attached hydrogens (tertiary/aromatic N) is 2. The molecular weight excluding hydrogens is 442 g/mol. The fourth-order valence-electron chi connectivity index (χ4n) is 3.20.